The van der Waals surface area contributed by atoms with E-state index in [1.165, 1.54) is 0 Å². The molecule has 0 aromatic heterocycles. The summed E-state index contributed by atoms with van der Waals surface area (Å²) in [7, 11) is 0. The molecule has 21 heavy (non-hydrogen) atoms. The highest BCUT2D eigenvalue weighted by Gasteiger charge is 2.62. The van der Waals surface area contributed by atoms with Gasteiger partial charge in [0.15, 0.2) is 6.17 Å². The predicted molar refractivity (Wildman–Crippen MR) is 62.6 cm³/mol. The number of alkyl halides is 2. The van der Waals surface area contributed by atoms with Gasteiger partial charge in [0.25, 0.3) is 0 Å². The molecular formula is C11H17F2NO7. The van der Waals surface area contributed by atoms with Gasteiger partial charge in [0.2, 0.25) is 5.91 Å². The predicted octanol–water partition coefficient (Wildman–Crippen LogP) is -1.92. The second-order valence-corrected chi connectivity index (χ2v) is 4.73. The van der Waals surface area contributed by atoms with Crippen LogP contribution < -0.4 is 5.32 Å². The number of aliphatic hydroxyl groups is 3. The fraction of sp³-hybridized carbons (Fsp3) is 0.818. The zero-order chi connectivity index (χ0) is 16.4. The lowest BCUT2D eigenvalue weighted by Gasteiger charge is -2.44. The number of halogens is 2. The van der Waals surface area contributed by atoms with Crippen LogP contribution in [0, 0.1) is 0 Å². The highest BCUT2D eigenvalue weighted by atomic mass is 19.2. The first-order valence-corrected chi connectivity index (χ1v) is 6.13. The lowest BCUT2D eigenvalue weighted by molar-refractivity contribution is -0.288. The number of carbonyl (C=O) groups is 2. The lowest BCUT2D eigenvalue weighted by atomic mass is 9.88. The maximum absolute atomic E-state index is 14.1. The Morgan fingerprint density at radius 1 is 1.48 bits per heavy atom. The molecule has 122 valence electrons. The van der Waals surface area contributed by atoms with Crippen LogP contribution in [0.3, 0.4) is 0 Å². The van der Waals surface area contributed by atoms with Gasteiger partial charge < -0.3 is 30.5 Å². The standard InChI is InChI=1S/C11H17F2NO7/c1-4(16)14-6-7(18)9(12)11(13,10(19)20)21-8(6)5(17)2-3-15/h5-9,15,17-18H,2-3H2,1H3,(H,14,16)(H,19,20)/t5-,6-,7-,8+,9-,11-/m1/s1. The van der Waals surface area contributed by atoms with Gasteiger partial charge in [-0.15, -0.1) is 0 Å². The summed E-state index contributed by atoms with van der Waals surface area (Å²) in [6.07, 6.45) is -8.93. The van der Waals surface area contributed by atoms with Crippen LogP contribution in [0.1, 0.15) is 13.3 Å². The van der Waals surface area contributed by atoms with Gasteiger partial charge in [0.1, 0.15) is 12.2 Å². The third-order valence-corrected chi connectivity index (χ3v) is 3.15. The van der Waals surface area contributed by atoms with Gasteiger partial charge in [-0.25, -0.2) is 9.18 Å². The fourth-order valence-corrected chi connectivity index (χ4v) is 2.12. The number of rotatable bonds is 5. The first-order chi connectivity index (χ1) is 9.65. The van der Waals surface area contributed by atoms with Gasteiger partial charge in [-0.1, -0.05) is 0 Å². The van der Waals surface area contributed by atoms with Crippen molar-refractivity contribution in [3.8, 4) is 0 Å². The van der Waals surface area contributed by atoms with Crippen LogP contribution in [-0.2, 0) is 14.3 Å². The molecule has 10 heteroatoms. The van der Waals surface area contributed by atoms with Crippen LogP contribution in [0.25, 0.3) is 0 Å². The van der Waals surface area contributed by atoms with Crippen LogP contribution in [0.4, 0.5) is 8.78 Å². The van der Waals surface area contributed by atoms with E-state index >= 15 is 0 Å². The highest BCUT2D eigenvalue weighted by Crippen LogP contribution is 2.35. The average molecular weight is 313 g/mol. The number of aliphatic hydroxyl groups excluding tert-OH is 3. The second-order valence-electron chi connectivity index (χ2n) is 4.73. The molecular weight excluding hydrogens is 296 g/mol. The Balaban J connectivity index is 3.12. The molecule has 0 saturated carbocycles. The van der Waals surface area contributed by atoms with Gasteiger partial charge in [0.05, 0.1) is 12.1 Å². The van der Waals surface area contributed by atoms with Crippen molar-refractivity contribution in [1.29, 1.82) is 0 Å². The lowest BCUT2D eigenvalue weighted by Crippen LogP contribution is -2.70. The monoisotopic (exact) mass is 313 g/mol. The van der Waals surface area contributed by atoms with Crippen molar-refractivity contribution in [1.82, 2.24) is 5.32 Å². The van der Waals surface area contributed by atoms with Gasteiger partial charge in [0, 0.05) is 13.5 Å². The zero-order valence-electron chi connectivity index (χ0n) is 11.1. The molecule has 0 radical (unpaired) electrons. The summed E-state index contributed by atoms with van der Waals surface area (Å²) < 4.78 is 32.3. The van der Waals surface area contributed by atoms with Crippen molar-refractivity contribution in [2.24, 2.45) is 0 Å². The van der Waals surface area contributed by atoms with Gasteiger partial charge in [-0.05, 0) is 6.42 Å². The van der Waals surface area contributed by atoms with Crippen molar-refractivity contribution < 1.29 is 43.5 Å². The third kappa shape index (κ3) is 3.46. The number of ether oxygens (including phenoxy) is 1. The first-order valence-electron chi connectivity index (χ1n) is 6.13. The summed E-state index contributed by atoms with van der Waals surface area (Å²) in [4.78, 5) is 21.9. The van der Waals surface area contributed by atoms with E-state index in [4.69, 9.17) is 10.2 Å². The Morgan fingerprint density at radius 2 is 2.05 bits per heavy atom. The van der Waals surface area contributed by atoms with Crippen LogP contribution in [0.15, 0.2) is 0 Å². The summed E-state index contributed by atoms with van der Waals surface area (Å²) in [5.74, 6) is -6.90. The van der Waals surface area contributed by atoms with Crippen molar-refractivity contribution in [3.05, 3.63) is 0 Å². The topological polar surface area (TPSA) is 136 Å². The summed E-state index contributed by atoms with van der Waals surface area (Å²) in [6.45, 7) is 0.485. The molecule has 8 nitrogen and oxygen atoms in total. The number of nitrogens with one attached hydrogen (secondary N) is 1. The smallest absolute Gasteiger partial charge is 0.372 e. The molecule has 1 fully saturated rings. The summed E-state index contributed by atoms with van der Waals surface area (Å²) in [5.41, 5.74) is 0. The second kappa shape index (κ2) is 6.60. The molecule has 0 aromatic carbocycles. The molecule has 0 spiro atoms. The number of hydrogen-bond donors (Lipinski definition) is 5. The maximum Gasteiger partial charge on any atom is 0.372 e. The molecule has 1 amide bonds. The van der Waals surface area contributed by atoms with Crippen LogP contribution in [-0.4, -0.2) is 75.3 Å². The van der Waals surface area contributed by atoms with E-state index in [0.717, 1.165) is 6.92 Å². The molecule has 5 N–H and O–H groups in total. The average Bonchev–Trinajstić information content (AvgIpc) is 2.39. The molecule has 1 aliphatic heterocycles. The SMILES string of the molecule is CC(=O)N[C@@H]1[C@@H](O)[C@@H](F)[C@](F)(C(=O)O)O[C@H]1[C@H](O)CCO. The minimum atomic E-state index is -3.87. The molecule has 0 aliphatic carbocycles. The Kier molecular flexibility index (Phi) is 5.56. The van der Waals surface area contributed by atoms with Crippen molar-refractivity contribution in [2.75, 3.05) is 6.61 Å². The van der Waals surface area contributed by atoms with E-state index in [-0.39, 0.29) is 6.42 Å². The third-order valence-electron chi connectivity index (χ3n) is 3.15. The van der Waals surface area contributed by atoms with Gasteiger partial charge in [-0.3, -0.25) is 4.79 Å². The number of carbonyl (C=O) groups excluding carboxylic acids is 1. The van der Waals surface area contributed by atoms with E-state index in [0.29, 0.717) is 0 Å². The van der Waals surface area contributed by atoms with Crippen LogP contribution >= 0.6 is 0 Å². The Hall–Kier alpha value is -1.36. The minimum Gasteiger partial charge on any atom is -0.477 e. The molecule has 0 unspecified atom stereocenters. The van der Waals surface area contributed by atoms with E-state index in [2.05, 4.69) is 10.1 Å². The number of aliphatic carboxylic acids is 1. The van der Waals surface area contributed by atoms with Gasteiger partial charge >= 0.3 is 11.8 Å². The zero-order valence-corrected chi connectivity index (χ0v) is 11.1. The molecule has 1 aliphatic rings. The summed E-state index contributed by atoms with van der Waals surface area (Å²) in [5, 5.41) is 39.0. The normalized spacial score (nSPS) is 37.8. The Morgan fingerprint density at radius 3 is 2.48 bits per heavy atom. The van der Waals surface area contributed by atoms with Crippen molar-refractivity contribution in [2.45, 2.75) is 49.7 Å². The summed E-state index contributed by atoms with van der Waals surface area (Å²) >= 11 is 0. The largest absolute Gasteiger partial charge is 0.477 e. The van der Waals surface area contributed by atoms with E-state index in [9.17, 15) is 28.6 Å². The minimum absolute atomic E-state index is 0.347. The number of hydrogen-bond acceptors (Lipinski definition) is 6. The highest BCUT2D eigenvalue weighted by molar-refractivity contribution is 5.77. The van der Waals surface area contributed by atoms with E-state index in [1.54, 1.807) is 0 Å². The maximum atomic E-state index is 14.1. The molecule has 6 atom stereocenters. The van der Waals surface area contributed by atoms with Crippen LogP contribution in [0.2, 0.25) is 0 Å². The fourth-order valence-electron chi connectivity index (χ4n) is 2.12. The van der Waals surface area contributed by atoms with Crippen molar-refractivity contribution in [3.63, 3.8) is 0 Å². The first kappa shape index (κ1) is 17.7. The quantitative estimate of drug-likeness (QED) is 0.399. The van der Waals surface area contributed by atoms with E-state index in [1.807, 2.05) is 0 Å². The molecule has 0 aromatic rings. The Bertz CT molecular complexity index is 410. The Labute approximate surface area is 118 Å². The van der Waals surface area contributed by atoms with Crippen LogP contribution in [0.5, 0.6) is 0 Å². The summed E-state index contributed by atoms with van der Waals surface area (Å²) in [6, 6.07) is -1.57. The van der Waals surface area contributed by atoms with E-state index < -0.39 is 54.9 Å². The van der Waals surface area contributed by atoms with Gasteiger partial charge in [-0.2, -0.15) is 4.39 Å². The molecule has 1 heterocycles. The molecule has 1 rings (SSSR count). The molecule has 1 saturated heterocycles. The number of carboxylic acids is 1. The number of amides is 1. The number of carboxylic acid groups (broad SMARTS) is 1. The van der Waals surface area contributed by atoms with Crippen molar-refractivity contribution >= 4 is 11.9 Å². The molecule has 0 bridgehead atoms.